The first-order valence-electron chi connectivity index (χ1n) is 9.16. The van der Waals surface area contributed by atoms with Crippen LogP contribution in [0.4, 0.5) is 0 Å². The lowest BCUT2D eigenvalue weighted by Crippen LogP contribution is -2.40. The number of H-pyrrole nitrogens is 1. The fraction of sp³-hybridized carbons (Fsp3) is 0.722. The van der Waals surface area contributed by atoms with Gasteiger partial charge < -0.3 is 19.3 Å². The summed E-state index contributed by atoms with van der Waals surface area (Å²) in [6.45, 7) is 4.15. The average Bonchev–Trinajstić information content (AvgIpc) is 2.98. The molecule has 0 aliphatic carbocycles. The van der Waals surface area contributed by atoms with Crippen LogP contribution in [-0.2, 0) is 25.4 Å². The van der Waals surface area contributed by atoms with Gasteiger partial charge in [-0.2, -0.15) is 0 Å². The summed E-state index contributed by atoms with van der Waals surface area (Å²) >= 11 is 2.38. The topological polar surface area (TPSA) is 120 Å². The number of hydrogen-bond acceptors (Lipinski definition) is 7. The number of aliphatic hydroxyl groups excluding tert-OH is 1. The van der Waals surface area contributed by atoms with Crippen molar-refractivity contribution in [2.24, 2.45) is 0 Å². The molecule has 4 atom stereocenters. The molecule has 1 aliphatic rings. The normalized spacial score (nSPS) is 25.1. The van der Waals surface area contributed by atoms with Gasteiger partial charge >= 0.3 is 11.7 Å². The molecular weight excluding hydrogens is 483 g/mol. The molecule has 2 N–H and O–H groups in total. The zero-order chi connectivity index (χ0) is 21.1. The Balaban J connectivity index is 2.38. The van der Waals surface area contributed by atoms with E-state index in [1.165, 1.54) is 20.4 Å². The first-order chi connectivity index (χ1) is 13.2. The van der Waals surface area contributed by atoms with Crippen LogP contribution >= 0.6 is 22.6 Å². The number of hydrogen-bond donors (Lipinski definition) is 2. The number of methoxy groups -OCH3 is 2. The second-order valence-electron chi connectivity index (χ2n) is 6.89. The maximum absolute atomic E-state index is 12.4. The Hall–Kier alpha value is -1.24. The highest BCUT2D eigenvalue weighted by molar-refractivity contribution is 14.1. The number of alkyl halides is 1. The van der Waals surface area contributed by atoms with Gasteiger partial charge in [0.15, 0.2) is 6.23 Å². The van der Waals surface area contributed by atoms with Crippen molar-refractivity contribution >= 4 is 28.6 Å². The van der Waals surface area contributed by atoms with Gasteiger partial charge in [0.05, 0.1) is 19.6 Å². The highest BCUT2D eigenvalue weighted by atomic mass is 127. The second kappa shape index (κ2) is 9.51. The standard InChI is InChI=1S/C18H27IN2O7/c1-5-18(19,6-2)8-11-13(23)14(27-4)16(28-11)21-9-10(7-12(22)26-3)15(24)20-17(21)25/h9,11,13-14,16,23H,5-8H2,1-4H3,(H,20,24,25)/t11-,13-,14-,16?/m1/s1. The first kappa shape index (κ1) is 23.0. The largest absolute Gasteiger partial charge is 0.469 e. The number of esters is 1. The molecule has 1 saturated heterocycles. The molecule has 0 spiro atoms. The average molecular weight is 510 g/mol. The lowest BCUT2D eigenvalue weighted by Gasteiger charge is -2.29. The molecule has 1 aromatic rings. The maximum atomic E-state index is 12.4. The van der Waals surface area contributed by atoms with Crippen molar-refractivity contribution in [3.63, 3.8) is 0 Å². The van der Waals surface area contributed by atoms with Crippen LogP contribution in [-0.4, -0.2) is 56.6 Å². The molecule has 0 aromatic carbocycles. The van der Waals surface area contributed by atoms with Crippen LogP contribution in [0.25, 0.3) is 0 Å². The fourth-order valence-electron chi connectivity index (χ4n) is 3.33. The Kier molecular flexibility index (Phi) is 7.82. The van der Waals surface area contributed by atoms with E-state index in [-0.39, 0.29) is 15.4 Å². The minimum Gasteiger partial charge on any atom is -0.469 e. The molecule has 0 amide bonds. The van der Waals surface area contributed by atoms with E-state index in [4.69, 9.17) is 9.47 Å². The Labute approximate surface area is 176 Å². The Morgan fingerprint density at radius 3 is 2.54 bits per heavy atom. The van der Waals surface area contributed by atoms with E-state index in [0.29, 0.717) is 6.42 Å². The number of rotatable bonds is 8. The third kappa shape index (κ3) is 4.84. The quantitative estimate of drug-likeness (QED) is 0.303. The number of aromatic nitrogens is 2. The van der Waals surface area contributed by atoms with Gasteiger partial charge in [0.1, 0.15) is 12.2 Å². The van der Waals surface area contributed by atoms with Crippen LogP contribution in [0.15, 0.2) is 15.8 Å². The second-order valence-corrected chi connectivity index (χ2v) is 9.18. The first-order valence-corrected chi connectivity index (χ1v) is 10.2. The summed E-state index contributed by atoms with van der Waals surface area (Å²) in [5.41, 5.74) is -1.31. The summed E-state index contributed by atoms with van der Waals surface area (Å²) in [6.07, 6.45) is 0.174. The van der Waals surface area contributed by atoms with E-state index in [2.05, 4.69) is 46.2 Å². The van der Waals surface area contributed by atoms with Gasteiger partial charge in [-0.25, -0.2) is 4.79 Å². The molecule has 1 unspecified atom stereocenters. The summed E-state index contributed by atoms with van der Waals surface area (Å²) in [5, 5.41) is 10.7. The van der Waals surface area contributed by atoms with Gasteiger partial charge in [0, 0.05) is 22.3 Å². The van der Waals surface area contributed by atoms with Gasteiger partial charge in [-0.05, 0) is 19.3 Å². The summed E-state index contributed by atoms with van der Waals surface area (Å²) < 4.78 is 17.1. The predicted molar refractivity (Wildman–Crippen MR) is 110 cm³/mol. The summed E-state index contributed by atoms with van der Waals surface area (Å²) in [4.78, 5) is 38.1. The van der Waals surface area contributed by atoms with E-state index in [9.17, 15) is 19.5 Å². The number of aliphatic hydroxyl groups is 1. The van der Waals surface area contributed by atoms with Crippen molar-refractivity contribution in [1.29, 1.82) is 0 Å². The number of nitrogens with one attached hydrogen (secondary N) is 1. The zero-order valence-electron chi connectivity index (χ0n) is 16.4. The molecular formula is C18H27IN2O7. The van der Waals surface area contributed by atoms with Crippen LogP contribution in [0, 0.1) is 0 Å². The van der Waals surface area contributed by atoms with Crippen LogP contribution in [0.5, 0.6) is 0 Å². The third-order valence-corrected chi connectivity index (χ3v) is 7.26. The molecule has 28 heavy (non-hydrogen) atoms. The summed E-state index contributed by atoms with van der Waals surface area (Å²) in [7, 11) is 2.64. The highest BCUT2D eigenvalue weighted by Gasteiger charge is 2.47. The SMILES string of the molecule is CCC(I)(CC)C[C@H]1OC(n2cc(CC(=O)OC)c(=O)[nH]c2=O)[C@H](OC)[C@@H]1O. The zero-order valence-corrected chi connectivity index (χ0v) is 18.6. The molecule has 0 radical (unpaired) electrons. The minimum absolute atomic E-state index is 0.0530. The molecule has 0 bridgehead atoms. The van der Waals surface area contributed by atoms with Crippen molar-refractivity contribution in [2.45, 2.75) is 67.5 Å². The van der Waals surface area contributed by atoms with E-state index < -0.39 is 41.8 Å². The highest BCUT2D eigenvalue weighted by Crippen LogP contribution is 2.40. The van der Waals surface area contributed by atoms with Crippen molar-refractivity contribution in [3.8, 4) is 0 Å². The number of nitrogens with zero attached hydrogens (tertiary/aromatic N) is 1. The van der Waals surface area contributed by atoms with Gasteiger partial charge in [0.2, 0.25) is 0 Å². The molecule has 2 heterocycles. The molecule has 158 valence electrons. The monoisotopic (exact) mass is 510 g/mol. The summed E-state index contributed by atoms with van der Waals surface area (Å²) in [6, 6.07) is 0. The van der Waals surface area contributed by atoms with Crippen LogP contribution < -0.4 is 11.2 Å². The van der Waals surface area contributed by atoms with Crippen molar-refractivity contribution in [2.75, 3.05) is 14.2 Å². The lowest BCUT2D eigenvalue weighted by atomic mass is 9.93. The minimum atomic E-state index is -0.940. The molecule has 10 heteroatoms. The molecule has 0 saturated carbocycles. The number of ether oxygens (including phenoxy) is 3. The van der Waals surface area contributed by atoms with Crippen molar-refractivity contribution < 1.29 is 24.1 Å². The van der Waals surface area contributed by atoms with Gasteiger partial charge in [-0.3, -0.25) is 19.1 Å². The van der Waals surface area contributed by atoms with Crippen molar-refractivity contribution in [1.82, 2.24) is 9.55 Å². The number of aromatic amines is 1. The van der Waals surface area contributed by atoms with Gasteiger partial charge in [0.25, 0.3) is 5.56 Å². The Morgan fingerprint density at radius 1 is 1.36 bits per heavy atom. The third-order valence-electron chi connectivity index (χ3n) is 5.30. The van der Waals surface area contributed by atoms with Crippen LogP contribution in [0.1, 0.15) is 44.9 Å². The maximum Gasteiger partial charge on any atom is 0.330 e. The molecule has 1 fully saturated rings. The molecule has 2 rings (SSSR count). The Morgan fingerprint density at radius 2 is 2.00 bits per heavy atom. The van der Waals surface area contributed by atoms with Crippen LogP contribution in [0.3, 0.4) is 0 Å². The number of halogens is 1. The Bertz CT molecular complexity index is 802. The smallest absolute Gasteiger partial charge is 0.330 e. The summed E-state index contributed by atoms with van der Waals surface area (Å²) in [5.74, 6) is -0.607. The van der Waals surface area contributed by atoms with Gasteiger partial charge in [-0.15, -0.1) is 0 Å². The van der Waals surface area contributed by atoms with Crippen LogP contribution in [0.2, 0.25) is 0 Å². The predicted octanol–water partition coefficient (Wildman–Crippen LogP) is 0.909. The van der Waals surface area contributed by atoms with Gasteiger partial charge in [-0.1, -0.05) is 36.4 Å². The number of carbonyl (C=O) groups is 1. The number of carbonyl (C=O) groups excluding carboxylic acids is 1. The van der Waals surface area contributed by atoms with E-state index >= 15 is 0 Å². The van der Waals surface area contributed by atoms with E-state index in [1.54, 1.807) is 0 Å². The van der Waals surface area contributed by atoms with E-state index in [0.717, 1.165) is 17.4 Å². The molecule has 1 aromatic heterocycles. The van der Waals surface area contributed by atoms with E-state index in [1.807, 2.05) is 0 Å². The fourth-order valence-corrected chi connectivity index (χ4v) is 3.77. The van der Waals surface area contributed by atoms with Crippen molar-refractivity contribution in [3.05, 3.63) is 32.6 Å². The lowest BCUT2D eigenvalue weighted by molar-refractivity contribution is -0.139. The molecule has 9 nitrogen and oxygen atoms in total. The molecule has 1 aliphatic heterocycles.